The largest absolute Gasteiger partial charge is 0.493 e. The molecule has 1 heterocycles. The highest BCUT2D eigenvalue weighted by molar-refractivity contribution is 6.04. The van der Waals surface area contributed by atoms with Crippen molar-refractivity contribution >= 4 is 17.7 Å². The van der Waals surface area contributed by atoms with Gasteiger partial charge in [0.15, 0.2) is 0 Å². The molecule has 31 heavy (non-hydrogen) atoms. The molecule has 0 fully saturated rings. The highest BCUT2D eigenvalue weighted by atomic mass is 19.1. The van der Waals surface area contributed by atoms with Gasteiger partial charge in [0.05, 0.1) is 12.2 Å². The molecule has 9 heteroatoms. The Morgan fingerprint density at radius 3 is 2.26 bits per heavy atom. The topological polar surface area (TPSA) is 97.8 Å². The van der Waals surface area contributed by atoms with Crippen molar-refractivity contribution in [2.45, 2.75) is 13.3 Å². The maximum absolute atomic E-state index is 13.5. The van der Waals surface area contributed by atoms with E-state index in [1.165, 1.54) is 30.3 Å². The zero-order valence-corrected chi connectivity index (χ0v) is 16.4. The average molecular weight is 428 g/mol. The van der Waals surface area contributed by atoms with E-state index in [1.807, 2.05) is 6.92 Å². The van der Waals surface area contributed by atoms with Crippen molar-refractivity contribution in [3.8, 4) is 17.2 Å². The lowest BCUT2D eigenvalue weighted by atomic mass is 10.2. The summed E-state index contributed by atoms with van der Waals surface area (Å²) in [5.74, 6) is -2.78. The molecule has 0 saturated heterocycles. The number of aromatic nitrogens is 1. The van der Waals surface area contributed by atoms with E-state index in [1.54, 1.807) is 0 Å². The summed E-state index contributed by atoms with van der Waals surface area (Å²) in [7, 11) is 0. The molecule has 2 N–H and O–H groups in total. The Morgan fingerprint density at radius 2 is 1.65 bits per heavy atom. The van der Waals surface area contributed by atoms with E-state index in [4.69, 9.17) is 14.6 Å². The second-order valence-electron chi connectivity index (χ2n) is 6.44. The zero-order chi connectivity index (χ0) is 22.4. The molecule has 0 radical (unpaired) electrons. The summed E-state index contributed by atoms with van der Waals surface area (Å²) < 4.78 is 38.0. The quantitative estimate of drug-likeness (QED) is 0.530. The number of rotatable bonds is 8. The zero-order valence-electron chi connectivity index (χ0n) is 16.4. The summed E-state index contributed by atoms with van der Waals surface area (Å²) in [6.07, 6.45) is 1.84. The summed E-state index contributed by atoms with van der Waals surface area (Å²) in [6.45, 7) is 2.30. The standard InChI is InChI=1S/C22H18F2N2O5/c1-2-5-30-17-6-14(21(27)26-20-4-3-13(12-25-20)22(28)29)7-18(11-17)31-19-9-15(23)8-16(24)10-19/h3-4,6-12H,2,5H2,1H3,(H,28,29)(H,25,26,27). The van der Waals surface area contributed by atoms with Crippen LogP contribution in [0.1, 0.15) is 34.1 Å². The number of aromatic carboxylic acids is 1. The van der Waals surface area contributed by atoms with Gasteiger partial charge in [-0.3, -0.25) is 4.79 Å². The van der Waals surface area contributed by atoms with Crippen LogP contribution in [0.5, 0.6) is 17.2 Å². The number of carboxylic acids is 1. The van der Waals surface area contributed by atoms with Crippen LogP contribution in [0.25, 0.3) is 0 Å². The maximum atomic E-state index is 13.5. The van der Waals surface area contributed by atoms with Gasteiger partial charge >= 0.3 is 5.97 Å². The molecule has 0 unspecified atom stereocenters. The van der Waals surface area contributed by atoms with Crippen molar-refractivity contribution < 1.29 is 33.0 Å². The summed E-state index contributed by atoms with van der Waals surface area (Å²) in [4.78, 5) is 27.5. The molecule has 1 aromatic heterocycles. The van der Waals surface area contributed by atoms with Crippen molar-refractivity contribution in [3.05, 3.63) is 77.5 Å². The molecule has 3 rings (SSSR count). The normalized spacial score (nSPS) is 10.4. The second-order valence-corrected chi connectivity index (χ2v) is 6.44. The first-order valence-corrected chi connectivity index (χ1v) is 9.26. The highest BCUT2D eigenvalue weighted by Gasteiger charge is 2.13. The van der Waals surface area contributed by atoms with Crippen LogP contribution >= 0.6 is 0 Å². The number of carboxylic acid groups (broad SMARTS) is 1. The molecule has 1 amide bonds. The first-order chi connectivity index (χ1) is 14.8. The molecule has 7 nitrogen and oxygen atoms in total. The van der Waals surface area contributed by atoms with Gasteiger partial charge < -0.3 is 19.9 Å². The average Bonchev–Trinajstić information content (AvgIpc) is 2.71. The fourth-order valence-corrected chi connectivity index (χ4v) is 2.57. The van der Waals surface area contributed by atoms with E-state index < -0.39 is 23.5 Å². The lowest BCUT2D eigenvalue weighted by Crippen LogP contribution is -2.13. The van der Waals surface area contributed by atoms with Crippen molar-refractivity contribution in [2.75, 3.05) is 11.9 Å². The van der Waals surface area contributed by atoms with Crippen LogP contribution in [0.15, 0.2) is 54.7 Å². The smallest absolute Gasteiger partial charge is 0.337 e. The van der Waals surface area contributed by atoms with Crippen molar-refractivity contribution in [2.24, 2.45) is 0 Å². The van der Waals surface area contributed by atoms with Gasteiger partial charge in [-0.1, -0.05) is 6.92 Å². The first kappa shape index (κ1) is 21.7. The summed E-state index contributed by atoms with van der Waals surface area (Å²) in [5, 5.41) is 11.5. The number of nitrogens with one attached hydrogen (secondary N) is 1. The van der Waals surface area contributed by atoms with E-state index in [2.05, 4.69) is 10.3 Å². The molecule has 0 atom stereocenters. The minimum Gasteiger partial charge on any atom is -0.493 e. The minimum atomic E-state index is -1.14. The Morgan fingerprint density at radius 1 is 0.968 bits per heavy atom. The van der Waals surface area contributed by atoms with E-state index >= 15 is 0 Å². The van der Waals surface area contributed by atoms with Crippen molar-refractivity contribution in [1.82, 2.24) is 4.98 Å². The Hall–Kier alpha value is -4.01. The molecule has 0 spiro atoms. The van der Waals surface area contributed by atoms with Gasteiger partial charge in [-0.15, -0.1) is 0 Å². The third-order valence-electron chi connectivity index (χ3n) is 3.94. The van der Waals surface area contributed by atoms with Crippen LogP contribution in [-0.2, 0) is 0 Å². The SMILES string of the molecule is CCCOc1cc(Oc2cc(F)cc(F)c2)cc(C(=O)Nc2ccc(C(=O)O)cn2)c1. The molecule has 160 valence electrons. The number of anilines is 1. The van der Waals surface area contributed by atoms with Gasteiger partial charge in [0.25, 0.3) is 5.91 Å². The molecule has 0 bridgehead atoms. The van der Waals surface area contributed by atoms with Crippen LogP contribution in [-0.4, -0.2) is 28.6 Å². The van der Waals surface area contributed by atoms with Gasteiger partial charge in [0.2, 0.25) is 0 Å². The number of carbonyl (C=O) groups excluding carboxylic acids is 1. The Bertz CT molecular complexity index is 1080. The van der Waals surface area contributed by atoms with E-state index in [9.17, 15) is 18.4 Å². The Balaban J connectivity index is 1.86. The molecule has 0 aliphatic heterocycles. The second kappa shape index (κ2) is 9.66. The first-order valence-electron chi connectivity index (χ1n) is 9.26. The molecular formula is C22H18F2N2O5. The van der Waals surface area contributed by atoms with Gasteiger partial charge in [0, 0.05) is 36.0 Å². The molecule has 3 aromatic rings. The Kier molecular flexibility index (Phi) is 6.76. The number of benzene rings is 2. The van der Waals surface area contributed by atoms with Crippen LogP contribution in [0.4, 0.5) is 14.6 Å². The number of nitrogens with zero attached hydrogens (tertiary/aromatic N) is 1. The van der Waals surface area contributed by atoms with Gasteiger partial charge in [-0.2, -0.15) is 0 Å². The maximum Gasteiger partial charge on any atom is 0.337 e. The van der Waals surface area contributed by atoms with Gasteiger partial charge in [0.1, 0.15) is 34.7 Å². The van der Waals surface area contributed by atoms with Crippen LogP contribution in [0, 0.1) is 11.6 Å². The fraction of sp³-hybridized carbons (Fsp3) is 0.136. The predicted molar refractivity (Wildman–Crippen MR) is 108 cm³/mol. The van der Waals surface area contributed by atoms with Gasteiger partial charge in [-0.05, 0) is 30.7 Å². The number of hydrogen-bond donors (Lipinski definition) is 2. The Labute approximate surface area is 176 Å². The monoisotopic (exact) mass is 428 g/mol. The van der Waals surface area contributed by atoms with Crippen LogP contribution in [0.3, 0.4) is 0 Å². The lowest BCUT2D eigenvalue weighted by Gasteiger charge is -2.12. The number of pyridine rings is 1. The van der Waals surface area contributed by atoms with Crippen LogP contribution in [0.2, 0.25) is 0 Å². The number of halogens is 2. The van der Waals surface area contributed by atoms with E-state index in [0.29, 0.717) is 12.4 Å². The number of carbonyl (C=O) groups is 2. The molecular weight excluding hydrogens is 410 g/mol. The molecule has 0 saturated carbocycles. The number of ether oxygens (including phenoxy) is 2. The summed E-state index contributed by atoms with van der Waals surface area (Å²) in [6, 6.07) is 9.75. The van der Waals surface area contributed by atoms with Crippen molar-refractivity contribution in [3.63, 3.8) is 0 Å². The van der Waals surface area contributed by atoms with E-state index in [0.717, 1.165) is 30.8 Å². The fourth-order valence-electron chi connectivity index (χ4n) is 2.57. The molecule has 2 aromatic carbocycles. The molecule has 0 aliphatic carbocycles. The lowest BCUT2D eigenvalue weighted by molar-refractivity contribution is 0.0696. The van der Waals surface area contributed by atoms with Crippen LogP contribution < -0.4 is 14.8 Å². The van der Waals surface area contributed by atoms with Crippen molar-refractivity contribution in [1.29, 1.82) is 0 Å². The highest BCUT2D eigenvalue weighted by Crippen LogP contribution is 2.29. The summed E-state index contributed by atoms with van der Waals surface area (Å²) in [5.41, 5.74) is 0.121. The van der Waals surface area contributed by atoms with E-state index in [-0.39, 0.29) is 28.4 Å². The third kappa shape index (κ3) is 5.99. The number of amides is 1. The third-order valence-corrected chi connectivity index (χ3v) is 3.94. The minimum absolute atomic E-state index is 0.0222. The predicted octanol–water partition coefficient (Wildman–Crippen LogP) is 4.89. The van der Waals surface area contributed by atoms with Gasteiger partial charge in [-0.25, -0.2) is 18.6 Å². The molecule has 0 aliphatic rings. The number of hydrogen-bond acceptors (Lipinski definition) is 5. The summed E-state index contributed by atoms with van der Waals surface area (Å²) >= 11 is 0.